The van der Waals surface area contributed by atoms with E-state index < -0.39 is 0 Å². The molecule has 0 saturated carbocycles. The van der Waals surface area contributed by atoms with Crippen LogP contribution in [0.15, 0.2) is 30.3 Å². The lowest BCUT2D eigenvalue weighted by Gasteiger charge is -2.15. The van der Waals surface area contributed by atoms with E-state index in [2.05, 4.69) is 21.3 Å². The largest absolute Gasteiger partial charge is 0.383 e. The van der Waals surface area contributed by atoms with Gasteiger partial charge in [0.2, 0.25) is 0 Å². The molecule has 2 heterocycles. The Labute approximate surface area is 134 Å². The van der Waals surface area contributed by atoms with Crippen molar-refractivity contribution in [3.8, 4) is 28.5 Å². The van der Waals surface area contributed by atoms with Crippen LogP contribution in [0.25, 0.3) is 22.4 Å². The molecule has 2 aromatic heterocycles. The fourth-order valence-electron chi connectivity index (χ4n) is 2.92. The van der Waals surface area contributed by atoms with E-state index in [0.29, 0.717) is 5.56 Å². The van der Waals surface area contributed by atoms with Crippen molar-refractivity contribution in [2.45, 2.75) is 20.8 Å². The van der Waals surface area contributed by atoms with Crippen molar-refractivity contribution in [1.29, 1.82) is 5.26 Å². The molecule has 0 aliphatic heterocycles. The molecule has 1 aromatic carbocycles. The van der Waals surface area contributed by atoms with E-state index in [1.54, 1.807) is 0 Å². The van der Waals surface area contributed by atoms with Crippen LogP contribution in [0.2, 0.25) is 0 Å². The number of hydrogen-bond acceptors (Lipinski definition) is 4. The number of aromatic nitrogens is 3. The molecule has 5 nitrogen and oxygen atoms in total. The molecule has 114 valence electrons. The Kier molecular flexibility index (Phi) is 3.59. The molecule has 0 unspecified atom stereocenters. The number of nitrogen functional groups attached to an aromatic ring is 1. The standard InChI is InChI=1S/C18H17N5/c1-10-15(16-11(2)22-23-12(16)3)14(9-19)18(20)21-17(10)13-7-5-4-6-8-13/h4-8H,1-3H3,(H2,20,21)(H,22,23). The molecule has 0 atom stereocenters. The van der Waals surface area contributed by atoms with Gasteiger partial charge in [-0.2, -0.15) is 10.4 Å². The molecular formula is C18H17N5. The normalized spacial score (nSPS) is 10.5. The fraction of sp³-hybridized carbons (Fsp3) is 0.167. The average molecular weight is 303 g/mol. The van der Waals surface area contributed by atoms with Crippen LogP contribution in [0.1, 0.15) is 22.5 Å². The van der Waals surface area contributed by atoms with Crippen LogP contribution in [0, 0.1) is 32.1 Å². The maximum Gasteiger partial charge on any atom is 0.142 e. The number of anilines is 1. The molecule has 0 aliphatic rings. The Balaban J connectivity index is 2.40. The molecule has 23 heavy (non-hydrogen) atoms. The van der Waals surface area contributed by atoms with Crippen molar-refractivity contribution >= 4 is 5.82 Å². The van der Waals surface area contributed by atoms with Crippen LogP contribution < -0.4 is 5.73 Å². The molecule has 3 N–H and O–H groups in total. The summed E-state index contributed by atoms with van der Waals surface area (Å²) in [6.45, 7) is 5.82. The molecule has 0 spiro atoms. The molecule has 3 rings (SSSR count). The number of pyridine rings is 1. The van der Waals surface area contributed by atoms with E-state index in [0.717, 1.165) is 39.3 Å². The molecule has 0 saturated heterocycles. The van der Waals surface area contributed by atoms with Gasteiger partial charge in [0.15, 0.2) is 0 Å². The van der Waals surface area contributed by atoms with Crippen molar-refractivity contribution in [2.24, 2.45) is 0 Å². The topological polar surface area (TPSA) is 91.4 Å². The van der Waals surface area contributed by atoms with Crippen molar-refractivity contribution < 1.29 is 0 Å². The minimum absolute atomic E-state index is 0.243. The smallest absolute Gasteiger partial charge is 0.142 e. The molecule has 0 aliphatic carbocycles. The van der Waals surface area contributed by atoms with Crippen LogP contribution >= 0.6 is 0 Å². The molecule has 0 amide bonds. The van der Waals surface area contributed by atoms with Crippen LogP contribution in [0.3, 0.4) is 0 Å². The van der Waals surface area contributed by atoms with Gasteiger partial charge in [0.25, 0.3) is 0 Å². The number of aryl methyl sites for hydroxylation is 2. The quantitative estimate of drug-likeness (QED) is 0.757. The van der Waals surface area contributed by atoms with E-state index in [4.69, 9.17) is 5.73 Å². The lowest BCUT2D eigenvalue weighted by molar-refractivity contribution is 1.02. The third kappa shape index (κ3) is 2.34. The Morgan fingerprint density at radius 1 is 1.09 bits per heavy atom. The highest BCUT2D eigenvalue weighted by atomic mass is 15.1. The molecule has 5 heteroatoms. The monoisotopic (exact) mass is 303 g/mol. The van der Waals surface area contributed by atoms with Gasteiger partial charge >= 0.3 is 0 Å². The molecule has 0 radical (unpaired) electrons. The maximum atomic E-state index is 9.57. The third-order valence-electron chi connectivity index (χ3n) is 4.01. The van der Waals surface area contributed by atoms with Gasteiger partial charge in [0, 0.05) is 22.4 Å². The van der Waals surface area contributed by atoms with E-state index in [1.165, 1.54) is 0 Å². The third-order valence-corrected chi connectivity index (χ3v) is 4.01. The number of aromatic amines is 1. The summed E-state index contributed by atoms with van der Waals surface area (Å²) in [6, 6.07) is 12.0. The molecule has 0 fully saturated rings. The number of nitrogens with two attached hydrogens (primary N) is 1. The summed E-state index contributed by atoms with van der Waals surface area (Å²) in [5.74, 6) is 0.243. The van der Waals surface area contributed by atoms with Crippen LogP contribution in [0.5, 0.6) is 0 Å². The van der Waals surface area contributed by atoms with Gasteiger partial charge in [-0.15, -0.1) is 0 Å². The number of benzene rings is 1. The van der Waals surface area contributed by atoms with Crippen molar-refractivity contribution in [3.05, 3.63) is 52.8 Å². The zero-order valence-electron chi connectivity index (χ0n) is 13.3. The van der Waals surface area contributed by atoms with E-state index >= 15 is 0 Å². The second kappa shape index (κ2) is 5.58. The lowest BCUT2D eigenvalue weighted by atomic mass is 9.92. The zero-order chi connectivity index (χ0) is 16.6. The first-order chi connectivity index (χ1) is 11.0. The Bertz CT molecular complexity index is 897. The second-order valence-electron chi connectivity index (χ2n) is 5.51. The first kappa shape index (κ1) is 14.8. The highest BCUT2D eigenvalue weighted by Crippen LogP contribution is 2.37. The number of nitrogens with zero attached hydrogens (tertiary/aromatic N) is 3. The maximum absolute atomic E-state index is 9.57. The second-order valence-corrected chi connectivity index (χ2v) is 5.51. The number of hydrogen-bond donors (Lipinski definition) is 2. The number of nitrogens with one attached hydrogen (secondary N) is 1. The summed E-state index contributed by atoms with van der Waals surface area (Å²) in [6.07, 6.45) is 0. The summed E-state index contributed by atoms with van der Waals surface area (Å²) >= 11 is 0. The summed E-state index contributed by atoms with van der Waals surface area (Å²) in [4.78, 5) is 4.47. The van der Waals surface area contributed by atoms with Gasteiger partial charge in [0.05, 0.1) is 11.4 Å². The van der Waals surface area contributed by atoms with Crippen LogP contribution in [-0.4, -0.2) is 15.2 Å². The first-order valence-electron chi connectivity index (χ1n) is 7.32. The summed E-state index contributed by atoms with van der Waals surface area (Å²) in [7, 11) is 0. The van der Waals surface area contributed by atoms with Gasteiger partial charge in [-0.3, -0.25) is 5.10 Å². The van der Waals surface area contributed by atoms with Crippen molar-refractivity contribution in [3.63, 3.8) is 0 Å². The lowest BCUT2D eigenvalue weighted by Crippen LogP contribution is -2.04. The molecule has 0 bridgehead atoms. The predicted octanol–water partition coefficient (Wildman–Crippen LogP) is 3.52. The minimum atomic E-state index is 0.243. The van der Waals surface area contributed by atoms with Crippen LogP contribution in [-0.2, 0) is 0 Å². The molecule has 3 aromatic rings. The van der Waals surface area contributed by atoms with Gasteiger partial charge in [0.1, 0.15) is 17.5 Å². The number of H-pyrrole nitrogens is 1. The Hall–Kier alpha value is -3.13. The van der Waals surface area contributed by atoms with Crippen molar-refractivity contribution in [2.75, 3.05) is 5.73 Å². The predicted molar refractivity (Wildman–Crippen MR) is 90.6 cm³/mol. The molecular weight excluding hydrogens is 286 g/mol. The van der Waals surface area contributed by atoms with Gasteiger partial charge in [-0.25, -0.2) is 4.98 Å². The summed E-state index contributed by atoms with van der Waals surface area (Å²) in [5.41, 5.74) is 12.6. The van der Waals surface area contributed by atoms with E-state index in [1.807, 2.05) is 51.1 Å². The van der Waals surface area contributed by atoms with E-state index in [9.17, 15) is 5.26 Å². The Morgan fingerprint density at radius 3 is 2.35 bits per heavy atom. The first-order valence-corrected chi connectivity index (χ1v) is 7.32. The van der Waals surface area contributed by atoms with Gasteiger partial charge in [-0.1, -0.05) is 30.3 Å². The van der Waals surface area contributed by atoms with Gasteiger partial charge < -0.3 is 5.73 Å². The van der Waals surface area contributed by atoms with Crippen molar-refractivity contribution in [1.82, 2.24) is 15.2 Å². The minimum Gasteiger partial charge on any atom is -0.383 e. The summed E-state index contributed by atoms with van der Waals surface area (Å²) < 4.78 is 0. The number of nitriles is 1. The summed E-state index contributed by atoms with van der Waals surface area (Å²) in [5, 5.41) is 16.8. The average Bonchev–Trinajstić information content (AvgIpc) is 2.88. The van der Waals surface area contributed by atoms with Gasteiger partial charge in [-0.05, 0) is 26.3 Å². The fourth-order valence-corrected chi connectivity index (χ4v) is 2.92. The highest BCUT2D eigenvalue weighted by molar-refractivity contribution is 5.85. The van der Waals surface area contributed by atoms with E-state index in [-0.39, 0.29) is 5.82 Å². The van der Waals surface area contributed by atoms with Crippen LogP contribution in [0.4, 0.5) is 5.82 Å². The highest BCUT2D eigenvalue weighted by Gasteiger charge is 2.22. The zero-order valence-corrected chi connectivity index (χ0v) is 13.3. The Morgan fingerprint density at radius 2 is 1.78 bits per heavy atom. The SMILES string of the molecule is Cc1n[nH]c(C)c1-c1c(C)c(-c2ccccc2)nc(N)c1C#N. The number of rotatable bonds is 2.